The van der Waals surface area contributed by atoms with Crippen molar-refractivity contribution in [3.63, 3.8) is 0 Å². The average Bonchev–Trinajstić information content (AvgIpc) is 2.74. The van der Waals surface area contributed by atoms with Crippen LogP contribution in [0.2, 0.25) is 0 Å². The molecule has 0 aliphatic carbocycles. The minimum absolute atomic E-state index is 0.262. The third kappa shape index (κ3) is 1.93. The highest BCUT2D eigenvalue weighted by Crippen LogP contribution is 2.44. The summed E-state index contributed by atoms with van der Waals surface area (Å²) in [7, 11) is 0. The molecule has 0 amide bonds. The first-order valence-corrected chi connectivity index (χ1v) is 6.18. The number of phenols is 1. The van der Waals surface area contributed by atoms with Crippen molar-refractivity contribution >= 4 is 0 Å². The molecule has 2 aliphatic heterocycles. The lowest BCUT2D eigenvalue weighted by atomic mass is 9.97. The Balaban J connectivity index is 1.98. The smallest absolute Gasteiger partial charge is 0.203 e. The predicted octanol–water partition coefficient (Wildman–Crippen LogP) is 1.63. The standard InChI is InChI=1S/C13H17NO3/c15-12-10(9-4-5-14-8-9)2-3-11-13(12)17-7-1-6-16-11/h2-3,9,14-15H,1,4-8H2. The first-order chi connectivity index (χ1) is 8.36. The van der Waals surface area contributed by atoms with E-state index in [2.05, 4.69) is 5.32 Å². The molecule has 4 heteroatoms. The highest BCUT2D eigenvalue weighted by molar-refractivity contribution is 5.56. The monoisotopic (exact) mass is 235 g/mol. The summed E-state index contributed by atoms with van der Waals surface area (Å²) < 4.78 is 11.1. The molecule has 1 saturated heterocycles. The number of hydrogen-bond acceptors (Lipinski definition) is 4. The zero-order valence-electron chi connectivity index (χ0n) is 9.74. The SMILES string of the molecule is Oc1c(C2CCNC2)ccc2c1OCCCO2. The Morgan fingerprint density at radius 1 is 1.24 bits per heavy atom. The number of nitrogens with one attached hydrogen (secondary N) is 1. The highest BCUT2D eigenvalue weighted by atomic mass is 16.5. The van der Waals surface area contributed by atoms with Gasteiger partial charge in [-0.15, -0.1) is 0 Å². The van der Waals surface area contributed by atoms with Crippen LogP contribution < -0.4 is 14.8 Å². The van der Waals surface area contributed by atoms with Gasteiger partial charge in [-0.05, 0) is 19.0 Å². The molecule has 3 rings (SSSR count). The van der Waals surface area contributed by atoms with Gasteiger partial charge in [0.1, 0.15) is 0 Å². The minimum Gasteiger partial charge on any atom is -0.504 e. The molecule has 2 N–H and O–H groups in total. The maximum absolute atomic E-state index is 10.3. The van der Waals surface area contributed by atoms with Crippen molar-refractivity contribution in [2.45, 2.75) is 18.8 Å². The molecule has 0 spiro atoms. The Bertz CT molecular complexity index is 413. The zero-order chi connectivity index (χ0) is 11.7. The molecular formula is C13H17NO3. The van der Waals surface area contributed by atoms with E-state index in [4.69, 9.17) is 9.47 Å². The summed E-state index contributed by atoms with van der Waals surface area (Å²) in [6.07, 6.45) is 1.92. The zero-order valence-corrected chi connectivity index (χ0v) is 9.74. The number of hydrogen-bond donors (Lipinski definition) is 2. The Hall–Kier alpha value is -1.42. The van der Waals surface area contributed by atoms with Gasteiger partial charge in [0.2, 0.25) is 5.75 Å². The first kappa shape index (κ1) is 10.7. The Morgan fingerprint density at radius 2 is 2.12 bits per heavy atom. The predicted molar refractivity (Wildman–Crippen MR) is 63.9 cm³/mol. The molecule has 0 saturated carbocycles. The fraction of sp³-hybridized carbons (Fsp3) is 0.538. The maximum atomic E-state index is 10.3. The highest BCUT2D eigenvalue weighted by Gasteiger charge is 2.24. The normalized spacial score (nSPS) is 23.4. The summed E-state index contributed by atoms with van der Waals surface area (Å²) in [6.45, 7) is 3.19. The summed E-state index contributed by atoms with van der Waals surface area (Å²) in [4.78, 5) is 0. The Kier molecular flexibility index (Phi) is 2.81. The molecule has 92 valence electrons. The second kappa shape index (κ2) is 4.45. The van der Waals surface area contributed by atoms with Crippen molar-refractivity contribution in [1.29, 1.82) is 0 Å². The molecule has 0 radical (unpaired) electrons. The molecule has 1 unspecified atom stereocenters. The van der Waals surface area contributed by atoms with E-state index < -0.39 is 0 Å². The van der Waals surface area contributed by atoms with Crippen LogP contribution in [0.25, 0.3) is 0 Å². The first-order valence-electron chi connectivity index (χ1n) is 6.18. The van der Waals surface area contributed by atoms with Crippen molar-refractivity contribution < 1.29 is 14.6 Å². The van der Waals surface area contributed by atoms with Crippen LogP contribution in [0.5, 0.6) is 17.2 Å². The molecule has 0 bridgehead atoms. The third-order valence-corrected chi connectivity index (χ3v) is 3.42. The molecule has 1 aromatic rings. The summed E-state index contributed by atoms with van der Waals surface area (Å²) in [5.41, 5.74) is 0.972. The van der Waals surface area contributed by atoms with Crippen molar-refractivity contribution in [1.82, 2.24) is 5.32 Å². The number of ether oxygens (including phenoxy) is 2. The molecule has 1 aromatic carbocycles. The van der Waals surface area contributed by atoms with Crippen LogP contribution in [-0.4, -0.2) is 31.4 Å². The molecular weight excluding hydrogens is 218 g/mol. The van der Waals surface area contributed by atoms with Gasteiger partial charge in [0.25, 0.3) is 0 Å². The van der Waals surface area contributed by atoms with Gasteiger partial charge in [-0.2, -0.15) is 0 Å². The number of phenolic OH excluding ortho intramolecular Hbond substituents is 1. The van der Waals surface area contributed by atoms with Gasteiger partial charge < -0.3 is 19.9 Å². The second-order valence-corrected chi connectivity index (χ2v) is 4.57. The van der Waals surface area contributed by atoms with Gasteiger partial charge >= 0.3 is 0 Å². The topological polar surface area (TPSA) is 50.7 Å². The lowest BCUT2D eigenvalue weighted by Crippen LogP contribution is -2.08. The van der Waals surface area contributed by atoms with E-state index in [1.165, 1.54) is 0 Å². The van der Waals surface area contributed by atoms with Crippen LogP contribution in [0.4, 0.5) is 0 Å². The van der Waals surface area contributed by atoms with Crippen molar-refractivity contribution in [2.75, 3.05) is 26.3 Å². The quantitative estimate of drug-likeness (QED) is 0.776. The molecule has 1 fully saturated rings. The van der Waals surface area contributed by atoms with Crippen LogP contribution in [-0.2, 0) is 0 Å². The molecule has 4 nitrogen and oxygen atoms in total. The molecule has 1 atom stereocenters. The summed E-state index contributed by atoms with van der Waals surface area (Å²) >= 11 is 0. The van der Waals surface area contributed by atoms with Crippen LogP contribution >= 0.6 is 0 Å². The van der Waals surface area contributed by atoms with E-state index in [1.807, 2.05) is 12.1 Å². The number of fused-ring (bicyclic) bond motifs is 1. The van der Waals surface area contributed by atoms with E-state index in [0.29, 0.717) is 30.6 Å². The molecule has 2 heterocycles. The van der Waals surface area contributed by atoms with Gasteiger partial charge in [0.05, 0.1) is 13.2 Å². The largest absolute Gasteiger partial charge is 0.504 e. The number of rotatable bonds is 1. The summed E-state index contributed by atoms with van der Waals surface area (Å²) in [5.74, 6) is 1.83. The lowest BCUT2D eigenvalue weighted by molar-refractivity contribution is 0.291. The van der Waals surface area contributed by atoms with Crippen LogP contribution in [0.3, 0.4) is 0 Å². The van der Waals surface area contributed by atoms with Gasteiger partial charge in [-0.3, -0.25) is 0 Å². The fourth-order valence-corrected chi connectivity index (χ4v) is 2.49. The average molecular weight is 235 g/mol. The van der Waals surface area contributed by atoms with E-state index >= 15 is 0 Å². The number of benzene rings is 1. The van der Waals surface area contributed by atoms with Crippen LogP contribution in [0.15, 0.2) is 12.1 Å². The maximum Gasteiger partial charge on any atom is 0.203 e. The van der Waals surface area contributed by atoms with E-state index in [0.717, 1.165) is 31.5 Å². The van der Waals surface area contributed by atoms with E-state index in [-0.39, 0.29) is 5.75 Å². The summed E-state index contributed by atoms with van der Waals surface area (Å²) in [6, 6.07) is 3.87. The van der Waals surface area contributed by atoms with Crippen LogP contribution in [0, 0.1) is 0 Å². The van der Waals surface area contributed by atoms with Gasteiger partial charge in [0.15, 0.2) is 11.5 Å². The molecule has 2 aliphatic rings. The van der Waals surface area contributed by atoms with Crippen LogP contribution in [0.1, 0.15) is 24.3 Å². The van der Waals surface area contributed by atoms with Crippen molar-refractivity contribution in [2.24, 2.45) is 0 Å². The molecule has 17 heavy (non-hydrogen) atoms. The number of aromatic hydroxyl groups is 1. The van der Waals surface area contributed by atoms with E-state index in [1.54, 1.807) is 0 Å². The van der Waals surface area contributed by atoms with Gasteiger partial charge in [-0.1, -0.05) is 6.07 Å². The molecule has 0 aromatic heterocycles. The van der Waals surface area contributed by atoms with Crippen molar-refractivity contribution in [3.8, 4) is 17.2 Å². The van der Waals surface area contributed by atoms with Crippen molar-refractivity contribution in [3.05, 3.63) is 17.7 Å². The fourth-order valence-electron chi connectivity index (χ4n) is 2.49. The summed E-state index contributed by atoms with van der Waals surface area (Å²) in [5, 5.41) is 13.6. The Labute approximate surface area is 101 Å². The van der Waals surface area contributed by atoms with Gasteiger partial charge in [-0.25, -0.2) is 0 Å². The Morgan fingerprint density at radius 3 is 2.94 bits per heavy atom. The van der Waals surface area contributed by atoms with E-state index in [9.17, 15) is 5.11 Å². The lowest BCUT2D eigenvalue weighted by Gasteiger charge is -2.15. The second-order valence-electron chi connectivity index (χ2n) is 4.57. The third-order valence-electron chi connectivity index (χ3n) is 3.42. The minimum atomic E-state index is 0.262. The van der Waals surface area contributed by atoms with Gasteiger partial charge in [0, 0.05) is 24.4 Å².